The molecule has 1 heteroatoms. The summed E-state index contributed by atoms with van der Waals surface area (Å²) < 4.78 is 0. The maximum absolute atomic E-state index is 8.94. The number of rotatable bonds is 0. The molecule has 7 heavy (non-hydrogen) atoms. The van der Waals surface area contributed by atoms with E-state index in [1.807, 2.05) is 0 Å². The standard InChI is InChI=1S/C6H11O/c1-5-3-2-4-6(5)7/h5-7H,1-4H2/t5-,6-/m0/s1. The normalized spacial score (nSPS) is 42.0. The van der Waals surface area contributed by atoms with E-state index in [1.165, 1.54) is 0 Å². The van der Waals surface area contributed by atoms with E-state index in [9.17, 15) is 0 Å². The van der Waals surface area contributed by atoms with Crippen molar-refractivity contribution < 1.29 is 5.11 Å². The molecule has 1 saturated carbocycles. The number of aliphatic hydroxyl groups excluding tert-OH is 1. The molecule has 1 N–H and O–H groups in total. The molecule has 0 aromatic rings. The molecule has 1 aliphatic carbocycles. The zero-order chi connectivity index (χ0) is 5.28. The third-order valence-electron chi connectivity index (χ3n) is 1.62. The van der Waals surface area contributed by atoms with Crippen molar-refractivity contribution in [3.05, 3.63) is 6.92 Å². The highest BCUT2D eigenvalue weighted by Crippen LogP contribution is 2.23. The van der Waals surface area contributed by atoms with E-state index in [4.69, 9.17) is 5.11 Å². The monoisotopic (exact) mass is 99.1 g/mol. The van der Waals surface area contributed by atoms with Crippen LogP contribution < -0.4 is 0 Å². The molecule has 1 rings (SSSR count). The van der Waals surface area contributed by atoms with Crippen molar-refractivity contribution in [2.24, 2.45) is 5.92 Å². The minimum absolute atomic E-state index is 0.0972. The molecule has 0 unspecified atom stereocenters. The molecule has 1 aliphatic rings. The van der Waals surface area contributed by atoms with Crippen molar-refractivity contribution in [2.45, 2.75) is 25.4 Å². The Balaban J connectivity index is 2.33. The number of hydrogen-bond donors (Lipinski definition) is 1. The second-order valence-corrected chi connectivity index (χ2v) is 2.26. The molecule has 1 fully saturated rings. The minimum Gasteiger partial charge on any atom is -0.393 e. The second kappa shape index (κ2) is 1.83. The molecule has 0 spiro atoms. The molecule has 0 aliphatic heterocycles. The van der Waals surface area contributed by atoms with Gasteiger partial charge in [0, 0.05) is 0 Å². The minimum atomic E-state index is -0.0972. The van der Waals surface area contributed by atoms with Gasteiger partial charge in [-0.05, 0) is 25.7 Å². The summed E-state index contributed by atoms with van der Waals surface area (Å²) >= 11 is 0. The largest absolute Gasteiger partial charge is 0.393 e. The molecule has 0 heterocycles. The average molecular weight is 99.2 g/mol. The Hall–Kier alpha value is -0.0400. The molecule has 41 valence electrons. The first-order valence-electron chi connectivity index (χ1n) is 2.82. The lowest BCUT2D eigenvalue weighted by molar-refractivity contribution is 0.152. The molecule has 0 aromatic heterocycles. The van der Waals surface area contributed by atoms with Crippen molar-refractivity contribution in [3.63, 3.8) is 0 Å². The highest BCUT2D eigenvalue weighted by atomic mass is 16.3. The maximum Gasteiger partial charge on any atom is 0.0568 e. The molecule has 1 radical (unpaired) electrons. The summed E-state index contributed by atoms with van der Waals surface area (Å²) in [4.78, 5) is 0. The Morgan fingerprint density at radius 3 is 2.29 bits per heavy atom. The molecule has 1 nitrogen and oxygen atoms in total. The summed E-state index contributed by atoms with van der Waals surface area (Å²) in [7, 11) is 0. The fraction of sp³-hybridized carbons (Fsp3) is 0.833. The van der Waals surface area contributed by atoms with E-state index in [-0.39, 0.29) is 6.10 Å². The molecular weight excluding hydrogens is 88.1 g/mol. The van der Waals surface area contributed by atoms with Crippen LogP contribution in [0.2, 0.25) is 0 Å². The predicted octanol–water partition coefficient (Wildman–Crippen LogP) is 0.981. The van der Waals surface area contributed by atoms with Crippen molar-refractivity contribution in [3.8, 4) is 0 Å². The van der Waals surface area contributed by atoms with Crippen LogP contribution in [-0.4, -0.2) is 11.2 Å². The average Bonchev–Trinajstić information content (AvgIpc) is 1.91. The van der Waals surface area contributed by atoms with E-state index < -0.39 is 0 Å². The van der Waals surface area contributed by atoms with Gasteiger partial charge in [0.15, 0.2) is 0 Å². The van der Waals surface area contributed by atoms with Gasteiger partial charge in [0.1, 0.15) is 0 Å². The van der Waals surface area contributed by atoms with Crippen LogP contribution in [0.1, 0.15) is 19.3 Å². The molecule has 0 aromatic carbocycles. The lowest BCUT2D eigenvalue weighted by atomic mass is 10.1. The first-order chi connectivity index (χ1) is 3.30. The summed E-state index contributed by atoms with van der Waals surface area (Å²) in [5.74, 6) is 0.319. The molecule has 0 amide bonds. The summed E-state index contributed by atoms with van der Waals surface area (Å²) in [6, 6.07) is 0. The third-order valence-corrected chi connectivity index (χ3v) is 1.62. The fourth-order valence-corrected chi connectivity index (χ4v) is 1.02. The van der Waals surface area contributed by atoms with Crippen LogP contribution >= 0.6 is 0 Å². The highest BCUT2D eigenvalue weighted by Gasteiger charge is 2.19. The zero-order valence-corrected chi connectivity index (χ0v) is 4.43. The molecule has 0 saturated heterocycles. The molecular formula is C6H11O. The van der Waals surface area contributed by atoms with Gasteiger partial charge in [0.25, 0.3) is 0 Å². The topological polar surface area (TPSA) is 20.2 Å². The van der Waals surface area contributed by atoms with Gasteiger partial charge >= 0.3 is 0 Å². The first kappa shape index (κ1) is 5.10. The highest BCUT2D eigenvalue weighted by molar-refractivity contribution is 4.77. The van der Waals surface area contributed by atoms with E-state index in [0.29, 0.717) is 5.92 Å². The maximum atomic E-state index is 8.94. The lowest BCUT2D eigenvalue weighted by Crippen LogP contribution is -2.08. The summed E-state index contributed by atoms with van der Waals surface area (Å²) in [5.41, 5.74) is 0. The third kappa shape index (κ3) is 0.942. The van der Waals surface area contributed by atoms with Gasteiger partial charge in [-0.2, -0.15) is 0 Å². The fourth-order valence-electron chi connectivity index (χ4n) is 1.02. The van der Waals surface area contributed by atoms with Crippen molar-refractivity contribution in [1.29, 1.82) is 0 Å². The quantitative estimate of drug-likeness (QED) is 0.480. The summed E-state index contributed by atoms with van der Waals surface area (Å²) in [6.45, 7) is 3.77. The number of hydrogen-bond acceptors (Lipinski definition) is 1. The Morgan fingerprint density at radius 2 is 2.14 bits per heavy atom. The molecule has 0 bridgehead atoms. The van der Waals surface area contributed by atoms with Crippen LogP contribution in [-0.2, 0) is 0 Å². The van der Waals surface area contributed by atoms with Gasteiger partial charge in [0.2, 0.25) is 0 Å². The van der Waals surface area contributed by atoms with Crippen LogP contribution in [0, 0.1) is 12.8 Å². The van der Waals surface area contributed by atoms with E-state index in [1.54, 1.807) is 0 Å². The Morgan fingerprint density at radius 1 is 1.43 bits per heavy atom. The van der Waals surface area contributed by atoms with E-state index in [0.717, 1.165) is 19.3 Å². The van der Waals surface area contributed by atoms with Crippen LogP contribution in [0.4, 0.5) is 0 Å². The van der Waals surface area contributed by atoms with Crippen LogP contribution in [0.25, 0.3) is 0 Å². The van der Waals surface area contributed by atoms with E-state index in [2.05, 4.69) is 6.92 Å². The van der Waals surface area contributed by atoms with Crippen molar-refractivity contribution in [1.82, 2.24) is 0 Å². The van der Waals surface area contributed by atoms with Gasteiger partial charge in [0.05, 0.1) is 6.10 Å². The van der Waals surface area contributed by atoms with Gasteiger partial charge < -0.3 is 5.11 Å². The zero-order valence-electron chi connectivity index (χ0n) is 4.43. The van der Waals surface area contributed by atoms with Gasteiger partial charge in [-0.1, -0.05) is 6.42 Å². The van der Waals surface area contributed by atoms with Crippen LogP contribution in [0.3, 0.4) is 0 Å². The first-order valence-corrected chi connectivity index (χ1v) is 2.82. The SMILES string of the molecule is [CH2][C@H]1CCC[C@@H]1O. The van der Waals surface area contributed by atoms with Crippen LogP contribution in [0.5, 0.6) is 0 Å². The van der Waals surface area contributed by atoms with Gasteiger partial charge in [-0.15, -0.1) is 0 Å². The Labute approximate surface area is 44.4 Å². The van der Waals surface area contributed by atoms with Crippen LogP contribution in [0.15, 0.2) is 0 Å². The Bertz CT molecular complexity index is 53.2. The summed E-state index contributed by atoms with van der Waals surface area (Å²) in [5, 5.41) is 8.94. The van der Waals surface area contributed by atoms with E-state index >= 15 is 0 Å². The smallest absolute Gasteiger partial charge is 0.0568 e. The lowest BCUT2D eigenvalue weighted by Gasteiger charge is -2.03. The van der Waals surface area contributed by atoms with Crippen molar-refractivity contribution in [2.75, 3.05) is 0 Å². The summed E-state index contributed by atoms with van der Waals surface area (Å²) in [6.07, 6.45) is 3.14. The molecule has 2 atom stereocenters. The van der Waals surface area contributed by atoms with Gasteiger partial charge in [-0.25, -0.2) is 0 Å². The Kier molecular flexibility index (Phi) is 1.33. The predicted molar refractivity (Wildman–Crippen MR) is 28.7 cm³/mol. The second-order valence-electron chi connectivity index (χ2n) is 2.26. The van der Waals surface area contributed by atoms with Crippen molar-refractivity contribution >= 4 is 0 Å². The van der Waals surface area contributed by atoms with Gasteiger partial charge in [-0.3, -0.25) is 0 Å². The number of aliphatic hydroxyl groups is 1.